The molecule has 2 aromatic carbocycles. The molecule has 0 saturated carbocycles. The van der Waals surface area contributed by atoms with Gasteiger partial charge in [0.15, 0.2) is 11.5 Å². The molecule has 2 N–H and O–H groups in total. The number of hydrogen-bond donors (Lipinski definition) is 1. The minimum Gasteiger partial charge on any atom is -0.493 e. The third kappa shape index (κ3) is 3.92. The van der Waals surface area contributed by atoms with Gasteiger partial charge in [-0.25, -0.2) is 0 Å². The van der Waals surface area contributed by atoms with Crippen LogP contribution in [-0.4, -0.2) is 25.7 Å². The highest BCUT2D eigenvalue weighted by molar-refractivity contribution is 5.57. The van der Waals surface area contributed by atoms with Gasteiger partial charge in [-0.3, -0.25) is 4.90 Å². The van der Waals surface area contributed by atoms with Crippen molar-refractivity contribution in [1.29, 1.82) is 0 Å². The maximum Gasteiger partial charge on any atom is 0.162 e. The summed E-state index contributed by atoms with van der Waals surface area (Å²) in [6, 6.07) is 14.2. The van der Waals surface area contributed by atoms with E-state index >= 15 is 0 Å². The van der Waals surface area contributed by atoms with Gasteiger partial charge in [0.1, 0.15) is 0 Å². The van der Waals surface area contributed by atoms with E-state index in [1.165, 1.54) is 5.56 Å². The zero-order valence-corrected chi connectivity index (χ0v) is 13.5. The molecule has 118 valence electrons. The van der Waals surface area contributed by atoms with Crippen molar-refractivity contribution in [1.82, 2.24) is 4.90 Å². The van der Waals surface area contributed by atoms with Crippen LogP contribution in [0.3, 0.4) is 0 Å². The summed E-state index contributed by atoms with van der Waals surface area (Å²) in [6.07, 6.45) is 0. The molecule has 0 aliphatic heterocycles. The van der Waals surface area contributed by atoms with Crippen molar-refractivity contribution in [2.45, 2.75) is 20.0 Å². The van der Waals surface area contributed by atoms with Gasteiger partial charge >= 0.3 is 0 Å². The monoisotopic (exact) mass is 300 g/mol. The highest BCUT2D eigenvalue weighted by Crippen LogP contribution is 2.32. The lowest BCUT2D eigenvalue weighted by Gasteiger charge is -2.22. The summed E-state index contributed by atoms with van der Waals surface area (Å²) in [4.78, 5) is 2.34. The van der Waals surface area contributed by atoms with Crippen molar-refractivity contribution < 1.29 is 9.47 Å². The molecule has 0 unspecified atom stereocenters. The van der Waals surface area contributed by atoms with Gasteiger partial charge in [0.2, 0.25) is 0 Å². The minimum absolute atomic E-state index is 0.662. The second kappa shape index (κ2) is 7.71. The maximum atomic E-state index is 6.15. The van der Waals surface area contributed by atoms with Crippen LogP contribution in [0.2, 0.25) is 0 Å². The Hall–Kier alpha value is -2.20. The Balaban J connectivity index is 2.17. The highest BCUT2D eigenvalue weighted by Gasteiger charge is 2.12. The molecule has 0 aliphatic rings. The van der Waals surface area contributed by atoms with Gasteiger partial charge in [-0.05, 0) is 23.7 Å². The van der Waals surface area contributed by atoms with E-state index in [1.807, 2.05) is 18.2 Å². The molecule has 0 heterocycles. The molecule has 0 saturated heterocycles. The van der Waals surface area contributed by atoms with E-state index < -0.39 is 0 Å². The quantitative estimate of drug-likeness (QED) is 0.797. The number of nitrogens with zero attached hydrogens (tertiary/aromatic N) is 1. The van der Waals surface area contributed by atoms with E-state index in [1.54, 1.807) is 14.2 Å². The number of hydrogen-bond acceptors (Lipinski definition) is 4. The SMILES string of the molecule is CCN(Cc1ccccc1)Cc1cc(OC)c(OC)cc1N. The van der Waals surface area contributed by atoms with E-state index in [9.17, 15) is 0 Å². The first kappa shape index (κ1) is 16.2. The molecule has 0 amide bonds. The molecule has 2 rings (SSSR count). The van der Waals surface area contributed by atoms with Crippen molar-refractivity contribution in [3.05, 3.63) is 53.6 Å². The van der Waals surface area contributed by atoms with Gasteiger partial charge in [0.25, 0.3) is 0 Å². The number of anilines is 1. The molecule has 0 spiro atoms. The fraction of sp³-hybridized carbons (Fsp3) is 0.333. The van der Waals surface area contributed by atoms with Crippen molar-refractivity contribution >= 4 is 5.69 Å². The fourth-order valence-electron chi connectivity index (χ4n) is 2.44. The molecule has 0 fully saturated rings. The largest absolute Gasteiger partial charge is 0.493 e. The van der Waals surface area contributed by atoms with Crippen LogP contribution in [-0.2, 0) is 13.1 Å². The molecule has 2 aromatic rings. The summed E-state index contributed by atoms with van der Waals surface area (Å²) >= 11 is 0. The first-order valence-corrected chi connectivity index (χ1v) is 7.44. The molecule has 4 heteroatoms. The topological polar surface area (TPSA) is 47.7 Å². The van der Waals surface area contributed by atoms with Gasteiger partial charge in [-0.2, -0.15) is 0 Å². The Labute approximate surface area is 132 Å². The lowest BCUT2D eigenvalue weighted by Crippen LogP contribution is -2.23. The molecule has 0 aromatic heterocycles. The Morgan fingerprint density at radius 2 is 1.59 bits per heavy atom. The predicted molar refractivity (Wildman–Crippen MR) is 90.2 cm³/mol. The number of ether oxygens (including phenoxy) is 2. The van der Waals surface area contributed by atoms with Gasteiger partial charge in [-0.15, -0.1) is 0 Å². The minimum atomic E-state index is 0.662. The zero-order chi connectivity index (χ0) is 15.9. The lowest BCUT2D eigenvalue weighted by atomic mass is 10.1. The van der Waals surface area contributed by atoms with Crippen LogP contribution in [0.5, 0.6) is 11.5 Å². The summed E-state index contributed by atoms with van der Waals surface area (Å²) in [5.74, 6) is 1.37. The van der Waals surface area contributed by atoms with Crippen LogP contribution in [0.25, 0.3) is 0 Å². The summed E-state index contributed by atoms with van der Waals surface area (Å²) < 4.78 is 10.6. The second-order valence-corrected chi connectivity index (χ2v) is 5.19. The third-order valence-electron chi connectivity index (χ3n) is 3.74. The van der Waals surface area contributed by atoms with Crippen molar-refractivity contribution in [2.24, 2.45) is 0 Å². The van der Waals surface area contributed by atoms with Gasteiger partial charge < -0.3 is 15.2 Å². The Morgan fingerprint density at radius 3 is 2.18 bits per heavy atom. The second-order valence-electron chi connectivity index (χ2n) is 5.19. The van der Waals surface area contributed by atoms with Gasteiger partial charge in [0.05, 0.1) is 14.2 Å². The summed E-state index contributed by atoms with van der Waals surface area (Å²) in [5, 5.41) is 0. The van der Waals surface area contributed by atoms with Crippen LogP contribution >= 0.6 is 0 Å². The molecular weight excluding hydrogens is 276 g/mol. The molecule has 0 aliphatic carbocycles. The first-order chi connectivity index (χ1) is 10.7. The van der Waals surface area contributed by atoms with Crippen LogP contribution < -0.4 is 15.2 Å². The average molecular weight is 300 g/mol. The van der Waals surface area contributed by atoms with E-state index in [0.717, 1.165) is 30.9 Å². The van der Waals surface area contributed by atoms with E-state index in [4.69, 9.17) is 15.2 Å². The number of benzene rings is 2. The van der Waals surface area contributed by atoms with Crippen LogP contribution in [0, 0.1) is 0 Å². The van der Waals surface area contributed by atoms with Crippen molar-refractivity contribution in [2.75, 3.05) is 26.5 Å². The number of rotatable bonds is 7. The maximum absolute atomic E-state index is 6.15. The summed E-state index contributed by atoms with van der Waals surface area (Å²) in [6.45, 7) is 4.77. The molecule has 0 bridgehead atoms. The normalized spacial score (nSPS) is 10.7. The highest BCUT2D eigenvalue weighted by atomic mass is 16.5. The van der Waals surface area contributed by atoms with Gasteiger partial charge in [-0.1, -0.05) is 37.3 Å². The molecule has 22 heavy (non-hydrogen) atoms. The number of nitrogens with two attached hydrogens (primary N) is 1. The Bertz CT molecular complexity index is 600. The molecule has 4 nitrogen and oxygen atoms in total. The Kier molecular flexibility index (Phi) is 5.67. The molecule has 0 atom stereocenters. The van der Waals surface area contributed by atoms with Crippen LogP contribution in [0.1, 0.15) is 18.1 Å². The summed E-state index contributed by atoms with van der Waals surface area (Å²) in [7, 11) is 3.25. The number of methoxy groups -OCH3 is 2. The number of nitrogen functional groups attached to an aromatic ring is 1. The average Bonchev–Trinajstić information content (AvgIpc) is 2.56. The lowest BCUT2D eigenvalue weighted by molar-refractivity contribution is 0.271. The molecular formula is C18H24N2O2. The van der Waals surface area contributed by atoms with Crippen molar-refractivity contribution in [3.63, 3.8) is 0 Å². The van der Waals surface area contributed by atoms with Crippen molar-refractivity contribution in [3.8, 4) is 11.5 Å². The smallest absolute Gasteiger partial charge is 0.162 e. The first-order valence-electron chi connectivity index (χ1n) is 7.44. The van der Waals surface area contributed by atoms with Gasteiger partial charge in [0, 0.05) is 24.8 Å². The predicted octanol–water partition coefficient (Wildman–Crippen LogP) is 3.31. The standard InChI is InChI=1S/C18H24N2O2/c1-4-20(12-14-8-6-5-7-9-14)13-15-10-17(21-2)18(22-3)11-16(15)19/h5-11H,4,12-13,19H2,1-3H3. The van der Waals surface area contributed by atoms with E-state index in [0.29, 0.717) is 11.5 Å². The third-order valence-corrected chi connectivity index (χ3v) is 3.74. The zero-order valence-electron chi connectivity index (χ0n) is 13.5. The fourth-order valence-corrected chi connectivity index (χ4v) is 2.44. The van der Waals surface area contributed by atoms with E-state index in [-0.39, 0.29) is 0 Å². The summed E-state index contributed by atoms with van der Waals surface area (Å²) in [5.41, 5.74) is 9.23. The Morgan fingerprint density at radius 1 is 0.955 bits per heavy atom. The van der Waals surface area contributed by atoms with Crippen LogP contribution in [0.15, 0.2) is 42.5 Å². The van der Waals surface area contributed by atoms with Crippen LogP contribution in [0.4, 0.5) is 5.69 Å². The molecule has 0 radical (unpaired) electrons. The van der Waals surface area contributed by atoms with E-state index in [2.05, 4.69) is 36.1 Å².